The molecule has 1 amide bonds. The van der Waals surface area contributed by atoms with Crippen molar-refractivity contribution in [3.05, 3.63) is 58.4 Å². The fraction of sp³-hybridized carbons (Fsp3) is 0.435. The number of carbonyl (C=O) groups is 2. The van der Waals surface area contributed by atoms with E-state index in [0.29, 0.717) is 13.2 Å². The lowest BCUT2D eigenvalue weighted by molar-refractivity contribution is -0.148. The standard InChI is InChI=1S/C23H31N3O3/c1-7-29-23(28)15-25(16(2)3)22(27)13-12-21-18(5)24-26(19(21)6)14-20-10-8-17(4)9-11-20/h8-13,16H,7,14-15H2,1-6H3. The number of nitrogens with zero attached hydrogens (tertiary/aromatic N) is 3. The van der Waals surface area contributed by atoms with Crippen molar-refractivity contribution in [3.8, 4) is 0 Å². The lowest BCUT2D eigenvalue weighted by Gasteiger charge is -2.24. The number of rotatable bonds is 8. The van der Waals surface area contributed by atoms with Gasteiger partial charge in [-0.1, -0.05) is 29.8 Å². The molecule has 29 heavy (non-hydrogen) atoms. The number of aromatic nitrogens is 2. The highest BCUT2D eigenvalue weighted by Gasteiger charge is 2.19. The Morgan fingerprint density at radius 2 is 1.83 bits per heavy atom. The van der Waals surface area contributed by atoms with Crippen molar-refractivity contribution in [2.75, 3.05) is 13.2 Å². The minimum atomic E-state index is -0.402. The molecule has 2 aromatic rings. The molecule has 0 saturated carbocycles. The zero-order valence-electron chi connectivity index (χ0n) is 18.2. The molecule has 1 heterocycles. The molecule has 0 aliphatic carbocycles. The summed E-state index contributed by atoms with van der Waals surface area (Å²) in [7, 11) is 0. The second-order valence-electron chi connectivity index (χ2n) is 7.43. The first-order chi connectivity index (χ1) is 13.7. The van der Waals surface area contributed by atoms with E-state index in [1.807, 2.05) is 32.4 Å². The minimum absolute atomic E-state index is 0.0562. The van der Waals surface area contributed by atoms with Crippen LogP contribution in [-0.4, -0.2) is 45.8 Å². The molecular formula is C23H31N3O3. The van der Waals surface area contributed by atoms with E-state index in [9.17, 15) is 9.59 Å². The van der Waals surface area contributed by atoms with Gasteiger partial charge in [-0.3, -0.25) is 14.3 Å². The molecule has 0 radical (unpaired) electrons. The van der Waals surface area contributed by atoms with Gasteiger partial charge in [0.25, 0.3) is 0 Å². The maximum absolute atomic E-state index is 12.7. The van der Waals surface area contributed by atoms with E-state index in [1.165, 1.54) is 22.1 Å². The van der Waals surface area contributed by atoms with Crippen molar-refractivity contribution in [1.29, 1.82) is 0 Å². The monoisotopic (exact) mass is 397 g/mol. The van der Waals surface area contributed by atoms with Crippen LogP contribution in [0.15, 0.2) is 30.3 Å². The largest absolute Gasteiger partial charge is 0.465 e. The summed E-state index contributed by atoms with van der Waals surface area (Å²) in [6, 6.07) is 8.26. The van der Waals surface area contributed by atoms with E-state index < -0.39 is 5.97 Å². The Hall–Kier alpha value is -2.89. The van der Waals surface area contributed by atoms with Gasteiger partial charge in [0.1, 0.15) is 6.54 Å². The first-order valence-electron chi connectivity index (χ1n) is 9.96. The van der Waals surface area contributed by atoms with Gasteiger partial charge >= 0.3 is 5.97 Å². The van der Waals surface area contributed by atoms with Crippen molar-refractivity contribution in [2.24, 2.45) is 0 Å². The number of carbonyl (C=O) groups excluding carboxylic acids is 2. The second-order valence-corrected chi connectivity index (χ2v) is 7.43. The van der Waals surface area contributed by atoms with Gasteiger partial charge in [-0.25, -0.2) is 0 Å². The first-order valence-corrected chi connectivity index (χ1v) is 9.96. The number of aryl methyl sites for hydroxylation is 2. The average Bonchev–Trinajstić information content (AvgIpc) is 2.92. The van der Waals surface area contributed by atoms with Gasteiger partial charge in [-0.15, -0.1) is 0 Å². The fourth-order valence-electron chi connectivity index (χ4n) is 3.08. The number of hydrogen-bond donors (Lipinski definition) is 0. The number of ether oxygens (including phenoxy) is 1. The van der Waals surface area contributed by atoms with Crippen LogP contribution in [0.1, 0.15) is 48.8 Å². The number of benzene rings is 1. The van der Waals surface area contributed by atoms with E-state index in [4.69, 9.17) is 4.74 Å². The summed E-state index contributed by atoms with van der Waals surface area (Å²) in [6.07, 6.45) is 3.29. The van der Waals surface area contributed by atoms with Crippen molar-refractivity contribution >= 4 is 18.0 Å². The fourth-order valence-corrected chi connectivity index (χ4v) is 3.08. The third-order valence-electron chi connectivity index (χ3n) is 4.79. The van der Waals surface area contributed by atoms with E-state index in [-0.39, 0.29) is 18.5 Å². The van der Waals surface area contributed by atoms with Crippen molar-refractivity contribution in [2.45, 2.75) is 54.1 Å². The van der Waals surface area contributed by atoms with Crippen LogP contribution in [-0.2, 0) is 20.9 Å². The third kappa shape index (κ3) is 6.04. The van der Waals surface area contributed by atoms with Crippen LogP contribution in [0.3, 0.4) is 0 Å². The highest BCUT2D eigenvalue weighted by Crippen LogP contribution is 2.17. The van der Waals surface area contributed by atoms with Crippen LogP contribution in [0, 0.1) is 20.8 Å². The van der Waals surface area contributed by atoms with Gasteiger partial charge in [0.05, 0.1) is 18.8 Å². The molecule has 0 saturated heterocycles. The molecule has 156 valence electrons. The van der Waals surface area contributed by atoms with Gasteiger partial charge in [0, 0.05) is 23.4 Å². The van der Waals surface area contributed by atoms with Gasteiger partial charge < -0.3 is 9.64 Å². The zero-order chi connectivity index (χ0) is 21.6. The van der Waals surface area contributed by atoms with E-state index in [0.717, 1.165) is 17.0 Å². The van der Waals surface area contributed by atoms with E-state index in [2.05, 4.69) is 36.3 Å². The summed E-state index contributed by atoms with van der Waals surface area (Å²) >= 11 is 0. The topological polar surface area (TPSA) is 64.4 Å². The number of esters is 1. The molecule has 6 heteroatoms. The molecule has 0 atom stereocenters. The first kappa shape index (κ1) is 22.4. The predicted octanol–water partition coefficient (Wildman–Crippen LogP) is 3.67. The maximum atomic E-state index is 12.7. The molecule has 0 N–H and O–H groups in total. The predicted molar refractivity (Wildman–Crippen MR) is 114 cm³/mol. The van der Waals surface area contributed by atoms with Crippen LogP contribution < -0.4 is 0 Å². The molecule has 0 spiro atoms. The Balaban J connectivity index is 2.16. The van der Waals surface area contributed by atoms with Gasteiger partial charge in [-0.05, 0) is 53.2 Å². The van der Waals surface area contributed by atoms with Crippen LogP contribution in [0.5, 0.6) is 0 Å². The van der Waals surface area contributed by atoms with Crippen LogP contribution in [0.4, 0.5) is 0 Å². The Labute approximate surface area is 173 Å². The summed E-state index contributed by atoms with van der Waals surface area (Å²) in [5.41, 5.74) is 5.18. The molecule has 6 nitrogen and oxygen atoms in total. The van der Waals surface area contributed by atoms with Crippen molar-refractivity contribution in [3.63, 3.8) is 0 Å². The highest BCUT2D eigenvalue weighted by atomic mass is 16.5. The quantitative estimate of drug-likeness (QED) is 0.504. The van der Waals surface area contributed by atoms with Gasteiger partial charge in [0.15, 0.2) is 0 Å². The Bertz CT molecular complexity index is 880. The Morgan fingerprint density at radius 1 is 1.17 bits per heavy atom. The molecule has 0 fully saturated rings. The molecule has 2 rings (SSSR count). The molecule has 1 aromatic carbocycles. The molecule has 0 bridgehead atoms. The van der Waals surface area contributed by atoms with Crippen molar-refractivity contribution < 1.29 is 14.3 Å². The number of amides is 1. The zero-order valence-corrected chi connectivity index (χ0v) is 18.2. The van der Waals surface area contributed by atoms with Gasteiger partial charge in [0.2, 0.25) is 5.91 Å². The maximum Gasteiger partial charge on any atom is 0.325 e. The normalized spacial score (nSPS) is 11.3. The summed E-state index contributed by atoms with van der Waals surface area (Å²) in [6.45, 7) is 12.4. The van der Waals surface area contributed by atoms with E-state index in [1.54, 1.807) is 13.0 Å². The second kappa shape index (κ2) is 10.0. The molecule has 0 aliphatic rings. The Kier molecular flexibility index (Phi) is 7.76. The smallest absolute Gasteiger partial charge is 0.325 e. The molecular weight excluding hydrogens is 366 g/mol. The summed E-state index contributed by atoms with van der Waals surface area (Å²) in [4.78, 5) is 25.9. The highest BCUT2D eigenvalue weighted by molar-refractivity contribution is 5.94. The molecule has 1 aromatic heterocycles. The summed E-state index contributed by atoms with van der Waals surface area (Å²) in [5.74, 6) is -0.626. The third-order valence-corrected chi connectivity index (χ3v) is 4.79. The van der Waals surface area contributed by atoms with E-state index >= 15 is 0 Å². The van der Waals surface area contributed by atoms with Crippen LogP contribution in [0.2, 0.25) is 0 Å². The van der Waals surface area contributed by atoms with Crippen molar-refractivity contribution in [1.82, 2.24) is 14.7 Å². The average molecular weight is 398 g/mol. The summed E-state index contributed by atoms with van der Waals surface area (Å²) < 4.78 is 6.92. The minimum Gasteiger partial charge on any atom is -0.465 e. The number of hydrogen-bond acceptors (Lipinski definition) is 4. The molecule has 0 aliphatic heterocycles. The van der Waals surface area contributed by atoms with Crippen LogP contribution >= 0.6 is 0 Å². The molecule has 0 unspecified atom stereocenters. The van der Waals surface area contributed by atoms with Crippen LogP contribution in [0.25, 0.3) is 6.08 Å². The summed E-state index contributed by atoms with van der Waals surface area (Å²) in [5, 5.41) is 4.62. The lowest BCUT2D eigenvalue weighted by Crippen LogP contribution is -2.40. The van der Waals surface area contributed by atoms with Gasteiger partial charge in [-0.2, -0.15) is 5.10 Å². The Morgan fingerprint density at radius 3 is 2.41 bits per heavy atom. The SMILES string of the molecule is CCOC(=O)CN(C(=O)C=Cc1c(C)nn(Cc2ccc(C)cc2)c1C)C(C)C. The lowest BCUT2D eigenvalue weighted by atomic mass is 10.1.